The summed E-state index contributed by atoms with van der Waals surface area (Å²) in [4.78, 5) is 26.9. The predicted molar refractivity (Wildman–Crippen MR) is 106 cm³/mol. The number of aliphatic hydroxyl groups excluding tert-OH is 1. The molecule has 1 fully saturated rings. The first-order valence-electron chi connectivity index (χ1n) is 9.91. The first-order chi connectivity index (χ1) is 13.3. The van der Waals surface area contributed by atoms with Crippen molar-refractivity contribution in [2.24, 2.45) is 5.92 Å². The number of ether oxygens (including phenoxy) is 2. The highest BCUT2D eigenvalue weighted by molar-refractivity contribution is 6.22. The van der Waals surface area contributed by atoms with Gasteiger partial charge in [-0.2, -0.15) is 0 Å². The molecule has 0 saturated carbocycles. The van der Waals surface area contributed by atoms with E-state index >= 15 is 0 Å². The van der Waals surface area contributed by atoms with Crippen LogP contribution in [-0.4, -0.2) is 86.7 Å². The molecule has 6 atom stereocenters. The van der Waals surface area contributed by atoms with Crippen molar-refractivity contribution in [1.29, 1.82) is 0 Å². The smallest absolute Gasteiger partial charge is 0.341 e. The Kier molecular flexibility index (Phi) is 7.39. The van der Waals surface area contributed by atoms with Crippen LogP contribution in [0.25, 0.3) is 0 Å². The molecule has 2 heterocycles. The third-order valence-corrected chi connectivity index (χ3v) is 6.50. The van der Waals surface area contributed by atoms with Crippen LogP contribution in [-0.2, 0) is 19.1 Å². The number of nitrogens with zero attached hydrogens (tertiary/aromatic N) is 1. The van der Waals surface area contributed by atoms with Gasteiger partial charge in [0.05, 0.1) is 17.5 Å². The van der Waals surface area contributed by atoms with Crippen LogP contribution in [0.3, 0.4) is 0 Å². The molecule has 29 heavy (non-hydrogen) atoms. The molecule has 0 amide bonds. The molecule has 0 aliphatic carbocycles. The number of rotatable bonds is 8. The Balaban J connectivity index is 2.05. The Labute approximate surface area is 176 Å². The number of fused-ring (bicyclic) bond motifs is 1. The van der Waals surface area contributed by atoms with Gasteiger partial charge in [-0.15, -0.1) is 11.6 Å². The number of carbonyl (C=O) groups excluding carboxylic acids is 2. The molecule has 2 aliphatic heterocycles. The van der Waals surface area contributed by atoms with Crippen LogP contribution in [0.2, 0.25) is 0 Å². The summed E-state index contributed by atoms with van der Waals surface area (Å²) in [6, 6.07) is -0.271. The molecular weight excluding hydrogens is 402 g/mol. The zero-order chi connectivity index (χ0) is 22.1. The van der Waals surface area contributed by atoms with E-state index in [9.17, 15) is 24.9 Å². The van der Waals surface area contributed by atoms with Crippen molar-refractivity contribution in [3.8, 4) is 0 Å². The van der Waals surface area contributed by atoms with Crippen molar-refractivity contribution in [2.75, 3.05) is 19.7 Å². The summed E-state index contributed by atoms with van der Waals surface area (Å²) in [5.41, 5.74) is -3.06. The van der Waals surface area contributed by atoms with Crippen LogP contribution in [0.4, 0.5) is 0 Å². The highest BCUT2D eigenvalue weighted by atomic mass is 35.5. The summed E-state index contributed by atoms with van der Waals surface area (Å²) in [5, 5.41) is 29.8. The van der Waals surface area contributed by atoms with E-state index < -0.39 is 46.6 Å². The number of esters is 2. The lowest BCUT2D eigenvalue weighted by Crippen LogP contribution is -2.53. The van der Waals surface area contributed by atoms with Gasteiger partial charge in [-0.3, -0.25) is 4.90 Å². The molecule has 3 N–H and O–H groups in total. The maximum absolute atomic E-state index is 12.5. The molecule has 0 aromatic rings. The van der Waals surface area contributed by atoms with Gasteiger partial charge in [-0.25, -0.2) is 9.59 Å². The molecule has 1 saturated heterocycles. The topological polar surface area (TPSA) is 117 Å². The van der Waals surface area contributed by atoms with E-state index in [0.29, 0.717) is 19.5 Å². The Morgan fingerprint density at radius 3 is 2.41 bits per heavy atom. The summed E-state index contributed by atoms with van der Waals surface area (Å²) >= 11 is 5.89. The van der Waals surface area contributed by atoms with Gasteiger partial charge in [-0.05, 0) is 38.7 Å². The second-order valence-electron chi connectivity index (χ2n) is 8.45. The van der Waals surface area contributed by atoms with Crippen molar-refractivity contribution in [3.63, 3.8) is 0 Å². The van der Waals surface area contributed by atoms with E-state index in [2.05, 4.69) is 4.90 Å². The molecule has 166 valence electrons. The van der Waals surface area contributed by atoms with Gasteiger partial charge in [0.25, 0.3) is 0 Å². The van der Waals surface area contributed by atoms with Crippen molar-refractivity contribution < 1.29 is 34.4 Å². The van der Waals surface area contributed by atoms with Crippen LogP contribution in [0.15, 0.2) is 11.6 Å². The standard InChI is InChI=1S/C20H32ClNO7/c1-11(2)20(27,13(4)23)18(25)28-10-14-6-8-22-9-7-15(16(14)22)29-17(24)19(5,26)12(3)21/h6,11-13,15-16,23,26-27H,7-10H2,1-5H3/t12-,13-,15-,16+,19+,20+/m1/s1. The van der Waals surface area contributed by atoms with Gasteiger partial charge in [0, 0.05) is 13.1 Å². The average molecular weight is 434 g/mol. The lowest BCUT2D eigenvalue weighted by atomic mass is 9.85. The van der Waals surface area contributed by atoms with Crippen molar-refractivity contribution in [3.05, 3.63) is 11.6 Å². The highest BCUT2D eigenvalue weighted by Crippen LogP contribution is 2.33. The first-order valence-corrected chi connectivity index (χ1v) is 10.3. The molecule has 2 aliphatic rings. The molecule has 0 spiro atoms. The molecule has 2 rings (SSSR count). The van der Waals surface area contributed by atoms with Crippen molar-refractivity contribution in [2.45, 2.75) is 75.9 Å². The third-order valence-electron chi connectivity index (χ3n) is 6.07. The van der Waals surface area contributed by atoms with Gasteiger partial charge in [-0.1, -0.05) is 19.9 Å². The fraction of sp³-hybridized carbons (Fsp3) is 0.800. The molecule has 9 heteroatoms. The van der Waals surface area contributed by atoms with Crippen LogP contribution in [0.1, 0.15) is 41.0 Å². The Morgan fingerprint density at radius 1 is 1.28 bits per heavy atom. The van der Waals surface area contributed by atoms with Crippen LogP contribution < -0.4 is 0 Å². The second-order valence-corrected chi connectivity index (χ2v) is 9.10. The highest BCUT2D eigenvalue weighted by Gasteiger charge is 2.48. The number of halogens is 1. The lowest BCUT2D eigenvalue weighted by molar-refractivity contribution is -0.184. The largest absolute Gasteiger partial charge is 0.459 e. The summed E-state index contributed by atoms with van der Waals surface area (Å²) in [6.07, 6.45) is 0.691. The number of alkyl halides is 1. The Hall–Kier alpha value is -1.19. The van der Waals surface area contributed by atoms with Crippen LogP contribution >= 0.6 is 11.6 Å². The first kappa shape index (κ1) is 24.1. The molecule has 0 unspecified atom stereocenters. The monoisotopic (exact) mass is 433 g/mol. The van der Waals surface area contributed by atoms with E-state index in [-0.39, 0.29) is 12.6 Å². The summed E-state index contributed by atoms with van der Waals surface area (Å²) in [7, 11) is 0. The molecule has 0 bridgehead atoms. The van der Waals surface area contributed by atoms with Gasteiger partial charge >= 0.3 is 11.9 Å². The Morgan fingerprint density at radius 2 is 1.90 bits per heavy atom. The molecular formula is C20H32ClNO7. The maximum Gasteiger partial charge on any atom is 0.341 e. The quantitative estimate of drug-likeness (QED) is 0.289. The number of aliphatic hydroxyl groups is 3. The zero-order valence-electron chi connectivity index (χ0n) is 17.6. The van der Waals surface area contributed by atoms with E-state index in [1.807, 2.05) is 6.08 Å². The van der Waals surface area contributed by atoms with E-state index in [1.54, 1.807) is 13.8 Å². The molecule has 8 nitrogen and oxygen atoms in total. The van der Waals surface area contributed by atoms with Gasteiger partial charge in [0.15, 0.2) is 11.2 Å². The minimum absolute atomic E-state index is 0.0852. The lowest BCUT2D eigenvalue weighted by Gasteiger charge is -2.33. The number of hydrogen-bond acceptors (Lipinski definition) is 8. The number of hydrogen-bond donors (Lipinski definition) is 3. The van der Waals surface area contributed by atoms with E-state index in [1.165, 1.54) is 20.8 Å². The summed E-state index contributed by atoms with van der Waals surface area (Å²) in [5.74, 6) is -2.23. The normalized spacial score (nSPS) is 28.1. The van der Waals surface area contributed by atoms with E-state index in [0.717, 1.165) is 5.57 Å². The second kappa shape index (κ2) is 8.89. The minimum Gasteiger partial charge on any atom is -0.459 e. The van der Waals surface area contributed by atoms with Gasteiger partial charge in [0.1, 0.15) is 12.7 Å². The van der Waals surface area contributed by atoms with Crippen molar-refractivity contribution >= 4 is 23.5 Å². The third kappa shape index (κ3) is 4.61. The molecule has 0 radical (unpaired) electrons. The number of carbonyl (C=O) groups is 2. The SMILES string of the molecule is CC(C)[C@@](O)(C(=O)OCC1=CCN2CC[C@@H](OC(=O)[C@@](C)(O)[C@@H](C)Cl)[C@H]12)[C@@H](C)O. The molecule has 0 aromatic heterocycles. The predicted octanol–water partition coefficient (Wildman–Crippen LogP) is 0.602. The summed E-state index contributed by atoms with van der Waals surface area (Å²) < 4.78 is 10.9. The fourth-order valence-corrected chi connectivity index (χ4v) is 3.79. The van der Waals surface area contributed by atoms with Crippen LogP contribution in [0, 0.1) is 5.92 Å². The molecule has 0 aromatic carbocycles. The average Bonchev–Trinajstić information content (AvgIpc) is 3.21. The zero-order valence-corrected chi connectivity index (χ0v) is 18.3. The minimum atomic E-state index is -2.00. The Bertz CT molecular complexity index is 651. The van der Waals surface area contributed by atoms with E-state index in [4.69, 9.17) is 21.1 Å². The maximum atomic E-state index is 12.5. The van der Waals surface area contributed by atoms with Crippen molar-refractivity contribution in [1.82, 2.24) is 4.90 Å². The fourth-order valence-electron chi connectivity index (χ4n) is 3.70. The van der Waals surface area contributed by atoms with Gasteiger partial charge < -0.3 is 24.8 Å². The van der Waals surface area contributed by atoms with Gasteiger partial charge in [0.2, 0.25) is 0 Å². The van der Waals surface area contributed by atoms with Crippen LogP contribution in [0.5, 0.6) is 0 Å². The summed E-state index contributed by atoms with van der Waals surface area (Å²) in [6.45, 7) is 8.66.